The molecule has 0 aliphatic heterocycles. The molecule has 12 nitrogen and oxygen atoms in total. The Morgan fingerprint density at radius 1 is 0.778 bits per heavy atom. The number of carboxylic acids is 4. The SMILES string of the molecule is CN(C)c1c(C(=O)O)cc(C2C(=O)C(=C3C=C(C(=O)O)C(=[N+](C)C)C(C(=O)O)=C3)C2=O)cc1C(=O)O. The first-order valence-corrected chi connectivity index (χ1v) is 10.3. The van der Waals surface area contributed by atoms with E-state index in [4.69, 9.17) is 0 Å². The van der Waals surface area contributed by atoms with Crippen molar-refractivity contribution in [3.8, 4) is 0 Å². The number of aliphatic carboxylic acids is 2. The van der Waals surface area contributed by atoms with E-state index < -0.39 is 69.2 Å². The molecule has 0 heterocycles. The van der Waals surface area contributed by atoms with Gasteiger partial charge in [-0.3, -0.25) is 9.59 Å². The van der Waals surface area contributed by atoms with Crippen LogP contribution in [0.15, 0.2) is 46.6 Å². The van der Waals surface area contributed by atoms with Crippen LogP contribution in [0.25, 0.3) is 0 Å². The van der Waals surface area contributed by atoms with Crippen molar-refractivity contribution in [2.45, 2.75) is 5.92 Å². The molecule has 0 aromatic heterocycles. The van der Waals surface area contributed by atoms with E-state index in [2.05, 4.69) is 0 Å². The molecule has 0 atom stereocenters. The quantitative estimate of drug-likeness (QED) is 0.184. The zero-order valence-electron chi connectivity index (χ0n) is 19.5. The highest BCUT2D eigenvalue weighted by Gasteiger charge is 2.48. The van der Waals surface area contributed by atoms with Crippen LogP contribution in [0.3, 0.4) is 0 Å². The second-order valence-electron chi connectivity index (χ2n) is 8.43. The topological polar surface area (TPSA) is 190 Å². The van der Waals surface area contributed by atoms with Crippen LogP contribution in [-0.2, 0) is 19.2 Å². The molecule has 186 valence electrons. The molecule has 12 heteroatoms. The van der Waals surface area contributed by atoms with Crippen LogP contribution in [0.4, 0.5) is 5.69 Å². The largest absolute Gasteiger partial charge is 0.478 e. The number of anilines is 1. The van der Waals surface area contributed by atoms with Crippen LogP contribution in [0, 0.1) is 0 Å². The van der Waals surface area contributed by atoms with Gasteiger partial charge in [-0.15, -0.1) is 0 Å². The fourth-order valence-electron chi connectivity index (χ4n) is 4.26. The van der Waals surface area contributed by atoms with Gasteiger partial charge in [0.2, 0.25) is 5.71 Å². The van der Waals surface area contributed by atoms with Gasteiger partial charge in [-0.2, -0.15) is 0 Å². The van der Waals surface area contributed by atoms with Crippen molar-refractivity contribution in [1.29, 1.82) is 0 Å². The third kappa shape index (κ3) is 4.08. The van der Waals surface area contributed by atoms with E-state index in [1.165, 1.54) is 37.7 Å². The molecule has 3 rings (SSSR count). The van der Waals surface area contributed by atoms with Gasteiger partial charge in [-0.05, 0) is 35.4 Å². The zero-order chi connectivity index (χ0) is 27.2. The van der Waals surface area contributed by atoms with E-state index in [0.717, 1.165) is 24.3 Å². The van der Waals surface area contributed by atoms with Crippen molar-refractivity contribution in [3.05, 3.63) is 63.3 Å². The van der Waals surface area contributed by atoms with Gasteiger partial charge in [0.15, 0.2) is 11.6 Å². The molecular weight excluding hydrogens is 476 g/mol. The Labute approximate surface area is 203 Å². The van der Waals surface area contributed by atoms with Gasteiger partial charge in [0.05, 0.1) is 22.4 Å². The highest BCUT2D eigenvalue weighted by atomic mass is 16.4. The van der Waals surface area contributed by atoms with Gasteiger partial charge in [0.1, 0.15) is 31.2 Å². The number of nitrogens with zero attached hydrogens (tertiary/aromatic N) is 2. The summed E-state index contributed by atoms with van der Waals surface area (Å²) in [6, 6.07) is 2.09. The summed E-state index contributed by atoms with van der Waals surface area (Å²) in [4.78, 5) is 74.7. The lowest BCUT2D eigenvalue weighted by Crippen LogP contribution is -2.40. The molecule has 0 radical (unpaired) electrons. The second-order valence-corrected chi connectivity index (χ2v) is 8.43. The first kappa shape index (κ1) is 25.7. The van der Waals surface area contributed by atoms with Gasteiger partial charge >= 0.3 is 23.9 Å². The molecule has 1 saturated carbocycles. The fraction of sp³-hybridized carbons (Fsp3) is 0.208. The molecule has 0 amide bonds. The van der Waals surface area contributed by atoms with Crippen molar-refractivity contribution in [1.82, 2.24) is 0 Å². The summed E-state index contributed by atoms with van der Waals surface area (Å²) in [7, 11) is 5.76. The van der Waals surface area contributed by atoms with Crippen molar-refractivity contribution in [3.63, 3.8) is 0 Å². The Morgan fingerprint density at radius 2 is 1.19 bits per heavy atom. The summed E-state index contributed by atoms with van der Waals surface area (Å²) >= 11 is 0. The highest BCUT2D eigenvalue weighted by molar-refractivity contribution is 6.43. The number of aromatic carboxylic acids is 2. The minimum absolute atomic E-state index is 0.126. The normalized spacial score (nSPS) is 17.2. The van der Waals surface area contributed by atoms with Crippen LogP contribution in [0.1, 0.15) is 32.2 Å². The van der Waals surface area contributed by atoms with E-state index >= 15 is 0 Å². The zero-order valence-corrected chi connectivity index (χ0v) is 19.5. The molecule has 0 unspecified atom stereocenters. The maximum atomic E-state index is 13.1. The highest BCUT2D eigenvalue weighted by Crippen LogP contribution is 2.40. The first-order chi connectivity index (χ1) is 16.7. The Morgan fingerprint density at radius 3 is 1.50 bits per heavy atom. The van der Waals surface area contributed by atoms with E-state index in [1.807, 2.05) is 0 Å². The number of hydrogen-bond donors (Lipinski definition) is 4. The van der Waals surface area contributed by atoms with Gasteiger partial charge in [-0.25, -0.2) is 23.8 Å². The monoisotopic (exact) mass is 497 g/mol. The fourth-order valence-corrected chi connectivity index (χ4v) is 4.26. The Bertz CT molecular complexity index is 1330. The average Bonchev–Trinajstić information content (AvgIpc) is 2.77. The minimum Gasteiger partial charge on any atom is -0.478 e. The summed E-state index contributed by atoms with van der Waals surface area (Å²) in [5.74, 6) is -9.06. The van der Waals surface area contributed by atoms with E-state index in [-0.39, 0.29) is 22.5 Å². The lowest BCUT2D eigenvalue weighted by atomic mass is 9.69. The number of allylic oxidation sites excluding steroid dienone is 4. The lowest BCUT2D eigenvalue weighted by Gasteiger charge is -2.29. The number of carbonyl (C=O) groups is 6. The lowest BCUT2D eigenvalue weighted by molar-refractivity contribution is -0.463. The molecule has 36 heavy (non-hydrogen) atoms. The summed E-state index contributed by atoms with van der Waals surface area (Å²) in [5, 5.41) is 38.4. The number of rotatable bonds is 6. The second kappa shape index (κ2) is 9.06. The third-order valence-electron chi connectivity index (χ3n) is 5.70. The Hall–Kier alpha value is -4.87. The van der Waals surface area contributed by atoms with E-state index in [1.54, 1.807) is 0 Å². The van der Waals surface area contributed by atoms with Crippen molar-refractivity contribution in [2.75, 3.05) is 33.1 Å². The molecule has 0 saturated heterocycles. The standard InChI is InChI=1S/C24H20N2O10/c1-25(2)17-11(21(29)30)5-9(6-12(17)22(31)32)15-19(27)16(20(15)28)10-7-13(23(33)34)18(26(3)4)14(8-10)24(35)36/h5-8,15H,1-4H3,(H3-,29,30,31,32,33,34,35,36)/p+1. The number of Topliss-reactive ketones (excluding diaryl/α,β-unsaturated/α-hetero) is 2. The number of carbonyl (C=O) groups excluding carboxylic acids is 2. The van der Waals surface area contributed by atoms with Crippen LogP contribution < -0.4 is 4.90 Å². The number of benzene rings is 1. The summed E-state index contributed by atoms with van der Waals surface area (Å²) in [6.07, 6.45) is 2.04. The van der Waals surface area contributed by atoms with Crippen LogP contribution in [0.5, 0.6) is 0 Å². The van der Waals surface area contributed by atoms with Crippen LogP contribution in [-0.4, -0.2) is 94.3 Å². The van der Waals surface area contributed by atoms with Crippen LogP contribution in [0.2, 0.25) is 0 Å². The number of carboxylic acid groups (broad SMARTS) is 4. The first-order valence-electron chi connectivity index (χ1n) is 10.3. The van der Waals surface area contributed by atoms with Gasteiger partial charge in [0, 0.05) is 14.1 Å². The third-order valence-corrected chi connectivity index (χ3v) is 5.70. The smallest absolute Gasteiger partial charge is 0.342 e. The number of ketones is 2. The summed E-state index contributed by atoms with van der Waals surface area (Å²) < 4.78 is 1.28. The predicted octanol–water partition coefficient (Wildman–Crippen LogP) is 0.430. The van der Waals surface area contributed by atoms with E-state index in [0.29, 0.717) is 0 Å². The maximum absolute atomic E-state index is 13.1. The van der Waals surface area contributed by atoms with Gasteiger partial charge < -0.3 is 25.3 Å². The van der Waals surface area contributed by atoms with Gasteiger partial charge in [-0.1, -0.05) is 0 Å². The molecule has 2 aliphatic rings. The van der Waals surface area contributed by atoms with Crippen LogP contribution >= 0.6 is 0 Å². The molecule has 0 spiro atoms. The van der Waals surface area contributed by atoms with E-state index in [9.17, 15) is 49.2 Å². The molecule has 2 aliphatic carbocycles. The molecular formula is C24H21N2O10+. The Kier molecular flexibility index (Phi) is 6.48. The minimum atomic E-state index is -1.53. The van der Waals surface area contributed by atoms with Crippen molar-refractivity contribution in [2.24, 2.45) is 0 Å². The predicted molar refractivity (Wildman–Crippen MR) is 123 cm³/mol. The van der Waals surface area contributed by atoms with Crippen molar-refractivity contribution < 1.29 is 53.8 Å². The molecule has 1 fully saturated rings. The van der Waals surface area contributed by atoms with Crippen molar-refractivity contribution >= 4 is 46.8 Å². The Balaban J connectivity index is 2.21. The van der Waals surface area contributed by atoms with Gasteiger partial charge in [0.25, 0.3) is 0 Å². The summed E-state index contributed by atoms with van der Waals surface area (Å²) in [5.41, 5.74) is -2.84. The average molecular weight is 497 g/mol. The number of hydrogen-bond acceptors (Lipinski definition) is 7. The molecule has 4 N–H and O–H groups in total. The maximum Gasteiger partial charge on any atom is 0.342 e. The molecule has 0 bridgehead atoms. The molecule has 1 aromatic rings. The molecule has 1 aromatic carbocycles. The summed E-state index contributed by atoms with van der Waals surface area (Å²) in [6.45, 7) is 0.